The molecule has 0 saturated heterocycles. The molecule has 0 atom stereocenters. The molecule has 5 N–H and O–H groups in total. The molecule has 26 heavy (non-hydrogen) atoms. The van der Waals surface area contributed by atoms with E-state index in [-0.39, 0.29) is 25.2 Å². The molecular formula is C18H22ClN5O2. The molecule has 2 aromatic carbocycles. The second-order valence-corrected chi connectivity index (χ2v) is 5.55. The van der Waals surface area contributed by atoms with E-state index in [4.69, 9.17) is 20.6 Å². The molecular weight excluding hydrogens is 354 g/mol. The summed E-state index contributed by atoms with van der Waals surface area (Å²) in [5.41, 5.74) is 7.66. The van der Waals surface area contributed by atoms with E-state index < -0.39 is 0 Å². The monoisotopic (exact) mass is 375 g/mol. The fourth-order valence-electron chi connectivity index (χ4n) is 2.45. The minimum atomic E-state index is -0.156. The Kier molecular flexibility index (Phi) is 7.11. The minimum Gasteiger partial charge on any atom is -0.454 e. The van der Waals surface area contributed by atoms with Crippen molar-refractivity contribution in [2.45, 2.75) is 13.0 Å². The Hall–Kier alpha value is -2.93. The number of nitrogens with two attached hydrogens (primary N) is 1. The van der Waals surface area contributed by atoms with Crippen LogP contribution in [-0.2, 0) is 13.0 Å². The summed E-state index contributed by atoms with van der Waals surface area (Å²) in [4.78, 5) is 4.46. The standard InChI is InChI=1S/C18H21N5O2.ClH/c19-17(20)23-18(21-9-8-13-4-2-1-3-5-13)22-11-14-6-7-15-16(10-14)25-12-24-15;/h1-7,10H,8-9,11-12H2,(H5,19,20,21,22,23);1H. The topological polar surface area (TPSA) is 105 Å². The Bertz CT molecular complexity index is 767. The summed E-state index contributed by atoms with van der Waals surface area (Å²) in [5, 5.41) is 13.3. The first-order valence-corrected chi connectivity index (χ1v) is 8.02. The summed E-state index contributed by atoms with van der Waals surface area (Å²) >= 11 is 0. The number of fused-ring (bicyclic) bond motifs is 1. The number of nitrogens with one attached hydrogen (secondary N) is 3. The van der Waals surface area contributed by atoms with Crippen LogP contribution < -0.4 is 25.8 Å². The first-order valence-electron chi connectivity index (χ1n) is 8.02. The molecule has 0 saturated carbocycles. The lowest BCUT2D eigenvalue weighted by atomic mass is 10.2. The number of hydrogen-bond acceptors (Lipinski definition) is 4. The number of ether oxygens (including phenoxy) is 2. The van der Waals surface area contributed by atoms with Gasteiger partial charge in [-0.1, -0.05) is 36.4 Å². The first kappa shape index (κ1) is 19.4. The molecule has 1 heterocycles. The number of hydrogen-bond donors (Lipinski definition) is 4. The van der Waals surface area contributed by atoms with Gasteiger partial charge in [-0.15, -0.1) is 12.4 Å². The van der Waals surface area contributed by atoms with Crippen LogP contribution in [0.15, 0.2) is 53.5 Å². The Morgan fingerprint density at radius 3 is 2.62 bits per heavy atom. The zero-order chi connectivity index (χ0) is 17.5. The highest BCUT2D eigenvalue weighted by Crippen LogP contribution is 2.32. The molecule has 0 bridgehead atoms. The van der Waals surface area contributed by atoms with Gasteiger partial charge in [-0.25, -0.2) is 0 Å². The van der Waals surface area contributed by atoms with E-state index in [1.165, 1.54) is 5.56 Å². The average molecular weight is 376 g/mol. The minimum absolute atomic E-state index is 0. The summed E-state index contributed by atoms with van der Waals surface area (Å²) < 4.78 is 10.7. The predicted molar refractivity (Wildman–Crippen MR) is 104 cm³/mol. The SMILES string of the molecule is Cl.N=C(N)NC(=NCCc1ccccc1)NCc1ccc2c(c1)OCO2. The van der Waals surface area contributed by atoms with E-state index in [2.05, 4.69) is 27.8 Å². The van der Waals surface area contributed by atoms with Gasteiger partial charge in [0.15, 0.2) is 23.4 Å². The van der Waals surface area contributed by atoms with E-state index in [0.717, 1.165) is 23.5 Å². The van der Waals surface area contributed by atoms with Crippen LogP contribution in [0.25, 0.3) is 0 Å². The van der Waals surface area contributed by atoms with Gasteiger partial charge in [0.1, 0.15) is 0 Å². The smallest absolute Gasteiger partial charge is 0.231 e. The predicted octanol–water partition coefficient (Wildman–Crippen LogP) is 2.01. The third-order valence-corrected chi connectivity index (χ3v) is 3.66. The normalized spacial score (nSPS) is 12.2. The van der Waals surface area contributed by atoms with Crippen molar-refractivity contribution in [1.29, 1.82) is 5.41 Å². The maximum absolute atomic E-state index is 7.42. The van der Waals surface area contributed by atoms with Crippen LogP contribution in [0.1, 0.15) is 11.1 Å². The molecule has 0 unspecified atom stereocenters. The second kappa shape index (κ2) is 9.53. The maximum atomic E-state index is 7.42. The van der Waals surface area contributed by atoms with Crippen molar-refractivity contribution in [1.82, 2.24) is 10.6 Å². The van der Waals surface area contributed by atoms with Crippen molar-refractivity contribution in [2.24, 2.45) is 10.7 Å². The molecule has 1 aliphatic heterocycles. The van der Waals surface area contributed by atoms with Gasteiger partial charge < -0.3 is 20.5 Å². The fourth-order valence-corrected chi connectivity index (χ4v) is 2.45. The number of nitrogens with zero attached hydrogens (tertiary/aromatic N) is 1. The number of rotatable bonds is 5. The van der Waals surface area contributed by atoms with Crippen LogP contribution in [0.4, 0.5) is 0 Å². The van der Waals surface area contributed by atoms with Crippen molar-refractivity contribution < 1.29 is 9.47 Å². The van der Waals surface area contributed by atoms with Gasteiger partial charge >= 0.3 is 0 Å². The molecule has 1 aliphatic rings. The fraction of sp³-hybridized carbons (Fsp3) is 0.222. The molecule has 138 valence electrons. The van der Waals surface area contributed by atoms with Crippen LogP contribution in [0.3, 0.4) is 0 Å². The highest BCUT2D eigenvalue weighted by Gasteiger charge is 2.13. The first-order chi connectivity index (χ1) is 12.2. The lowest BCUT2D eigenvalue weighted by Gasteiger charge is -2.12. The average Bonchev–Trinajstić information content (AvgIpc) is 3.08. The van der Waals surface area contributed by atoms with E-state index in [1.54, 1.807) is 0 Å². The number of benzene rings is 2. The molecule has 0 spiro atoms. The van der Waals surface area contributed by atoms with Gasteiger partial charge in [0, 0.05) is 13.1 Å². The second-order valence-electron chi connectivity index (χ2n) is 5.55. The van der Waals surface area contributed by atoms with Crippen molar-refractivity contribution in [3.05, 3.63) is 59.7 Å². The molecule has 3 rings (SSSR count). The van der Waals surface area contributed by atoms with E-state index >= 15 is 0 Å². The van der Waals surface area contributed by atoms with Crippen LogP contribution in [-0.4, -0.2) is 25.3 Å². The van der Waals surface area contributed by atoms with Gasteiger partial charge in [-0.3, -0.25) is 15.7 Å². The van der Waals surface area contributed by atoms with Crippen LogP contribution in [0, 0.1) is 5.41 Å². The van der Waals surface area contributed by atoms with Crippen molar-refractivity contribution in [3.8, 4) is 11.5 Å². The Morgan fingerprint density at radius 1 is 1.08 bits per heavy atom. The van der Waals surface area contributed by atoms with E-state index in [9.17, 15) is 0 Å². The molecule has 0 fully saturated rings. The summed E-state index contributed by atoms with van der Waals surface area (Å²) in [5.74, 6) is 1.81. The third-order valence-electron chi connectivity index (χ3n) is 3.66. The van der Waals surface area contributed by atoms with Gasteiger partial charge in [-0.2, -0.15) is 0 Å². The summed E-state index contributed by atoms with van der Waals surface area (Å²) in [6, 6.07) is 15.9. The van der Waals surface area contributed by atoms with Gasteiger partial charge in [0.25, 0.3) is 0 Å². The number of aliphatic imine (C=N–C) groups is 1. The highest BCUT2D eigenvalue weighted by molar-refractivity contribution is 5.96. The Morgan fingerprint density at radius 2 is 1.85 bits per heavy atom. The summed E-state index contributed by atoms with van der Waals surface area (Å²) in [6.45, 7) is 1.37. The van der Waals surface area contributed by atoms with Crippen LogP contribution in [0.5, 0.6) is 11.5 Å². The van der Waals surface area contributed by atoms with E-state index in [1.807, 2.05) is 36.4 Å². The molecule has 0 aliphatic carbocycles. The number of halogens is 1. The lowest BCUT2D eigenvalue weighted by Crippen LogP contribution is -2.44. The highest BCUT2D eigenvalue weighted by atomic mass is 35.5. The van der Waals surface area contributed by atoms with Crippen molar-refractivity contribution >= 4 is 24.3 Å². The molecule has 0 amide bonds. The quantitative estimate of drug-likeness (QED) is 0.472. The van der Waals surface area contributed by atoms with Gasteiger partial charge in [0.2, 0.25) is 6.79 Å². The Labute approximate surface area is 158 Å². The third kappa shape index (κ3) is 5.56. The zero-order valence-corrected chi connectivity index (χ0v) is 15.0. The lowest BCUT2D eigenvalue weighted by molar-refractivity contribution is 0.174. The van der Waals surface area contributed by atoms with E-state index in [0.29, 0.717) is 19.0 Å². The van der Waals surface area contributed by atoms with Crippen molar-refractivity contribution in [2.75, 3.05) is 13.3 Å². The summed E-state index contributed by atoms with van der Waals surface area (Å²) in [7, 11) is 0. The molecule has 2 aromatic rings. The molecule has 0 aromatic heterocycles. The van der Waals surface area contributed by atoms with Crippen LogP contribution >= 0.6 is 12.4 Å². The van der Waals surface area contributed by atoms with Crippen molar-refractivity contribution in [3.63, 3.8) is 0 Å². The summed E-state index contributed by atoms with van der Waals surface area (Å²) in [6.07, 6.45) is 0.815. The van der Waals surface area contributed by atoms with Gasteiger partial charge in [0.05, 0.1) is 0 Å². The van der Waals surface area contributed by atoms with Crippen LogP contribution in [0.2, 0.25) is 0 Å². The molecule has 8 heteroatoms. The molecule has 0 radical (unpaired) electrons. The Balaban J connectivity index is 0.00000243. The largest absolute Gasteiger partial charge is 0.454 e. The number of guanidine groups is 2. The zero-order valence-electron chi connectivity index (χ0n) is 14.2. The molecule has 7 nitrogen and oxygen atoms in total. The maximum Gasteiger partial charge on any atom is 0.231 e. The van der Waals surface area contributed by atoms with Gasteiger partial charge in [-0.05, 0) is 29.7 Å².